The summed E-state index contributed by atoms with van der Waals surface area (Å²) in [4.78, 5) is 11.2. The number of hydrogen-bond acceptors (Lipinski definition) is 3. The van der Waals surface area contributed by atoms with Gasteiger partial charge in [-0.05, 0) is 46.2 Å². The highest BCUT2D eigenvalue weighted by molar-refractivity contribution is 6.48. The minimum absolute atomic E-state index is 0.253. The van der Waals surface area contributed by atoms with Crippen molar-refractivity contribution in [3.63, 3.8) is 0 Å². The lowest BCUT2D eigenvalue weighted by Crippen LogP contribution is -2.41. The molecule has 1 aromatic rings. The molecule has 0 saturated carbocycles. The Labute approximate surface area is 130 Å². The molecule has 1 heterocycles. The van der Waals surface area contributed by atoms with Crippen molar-refractivity contribution in [2.75, 3.05) is 0 Å². The average Bonchev–Trinajstić information content (AvgIpc) is 2.58. The third kappa shape index (κ3) is 3.18. The van der Waals surface area contributed by atoms with Gasteiger partial charge in [-0.1, -0.05) is 17.7 Å². The molecular weight excluding hydrogens is 286 g/mol. The Balaban J connectivity index is 2.40. The first-order valence-electron chi connectivity index (χ1n) is 7.37. The van der Waals surface area contributed by atoms with Crippen molar-refractivity contribution in [2.24, 2.45) is 0 Å². The van der Waals surface area contributed by atoms with Crippen LogP contribution in [0.3, 0.4) is 0 Å². The number of hydrogen-bond donors (Lipinski definition) is 1. The number of halogens is 1. The summed E-state index contributed by atoms with van der Waals surface area (Å²) in [6.45, 7) is 9.38. The maximum Gasteiger partial charge on any atom is 0.466 e. The molecule has 1 saturated heterocycles. The third-order valence-corrected chi connectivity index (χ3v) is 4.55. The van der Waals surface area contributed by atoms with E-state index < -0.39 is 35.9 Å². The molecule has 1 atom stereocenters. The van der Waals surface area contributed by atoms with Crippen molar-refractivity contribution in [1.82, 2.24) is 0 Å². The van der Waals surface area contributed by atoms with Crippen molar-refractivity contribution >= 4 is 13.1 Å². The number of carboxylic acids is 1. The molecule has 22 heavy (non-hydrogen) atoms. The van der Waals surface area contributed by atoms with Crippen LogP contribution in [0.2, 0.25) is 0 Å². The zero-order chi connectivity index (χ0) is 16.7. The molecule has 6 heteroatoms. The van der Waals surface area contributed by atoms with Gasteiger partial charge in [0.05, 0.1) is 17.6 Å². The number of rotatable bonds is 4. The standard InChI is InChI=1S/C16H22BFO4/c1-10-6-7-13(18)11(8-10)12(9-14(19)20)17-21-15(2,3)16(4,5)22-17/h6-8,12H,9H2,1-5H3,(H,19,20). The van der Waals surface area contributed by atoms with Gasteiger partial charge < -0.3 is 14.4 Å². The topological polar surface area (TPSA) is 55.8 Å². The maximum atomic E-state index is 14.2. The largest absolute Gasteiger partial charge is 0.481 e. The molecule has 4 nitrogen and oxygen atoms in total. The molecule has 1 aliphatic rings. The number of aliphatic carboxylic acids is 1. The molecule has 1 aliphatic heterocycles. The van der Waals surface area contributed by atoms with Crippen LogP contribution in [-0.4, -0.2) is 29.4 Å². The molecule has 1 unspecified atom stereocenters. The Kier molecular flexibility index (Phi) is 4.37. The molecule has 0 aliphatic carbocycles. The number of carbonyl (C=O) groups is 1. The quantitative estimate of drug-likeness (QED) is 0.867. The minimum Gasteiger partial charge on any atom is -0.481 e. The summed E-state index contributed by atoms with van der Waals surface area (Å²) in [6, 6.07) is 4.67. The predicted octanol–water partition coefficient (Wildman–Crippen LogP) is 3.32. The van der Waals surface area contributed by atoms with Crippen LogP contribution in [0, 0.1) is 12.7 Å². The van der Waals surface area contributed by atoms with Gasteiger partial charge in [0.15, 0.2) is 0 Å². The van der Waals surface area contributed by atoms with Crippen LogP contribution in [0.5, 0.6) is 0 Å². The predicted molar refractivity (Wildman–Crippen MR) is 82.2 cm³/mol. The third-order valence-electron chi connectivity index (χ3n) is 4.55. The summed E-state index contributed by atoms with van der Waals surface area (Å²) < 4.78 is 26.1. The fraction of sp³-hybridized carbons (Fsp3) is 0.562. The second kappa shape index (κ2) is 5.67. The van der Waals surface area contributed by atoms with Crippen LogP contribution >= 0.6 is 0 Å². The van der Waals surface area contributed by atoms with Crippen molar-refractivity contribution < 1.29 is 23.6 Å². The summed E-state index contributed by atoms with van der Waals surface area (Å²) in [7, 11) is -0.794. The Morgan fingerprint density at radius 3 is 2.32 bits per heavy atom. The van der Waals surface area contributed by atoms with E-state index in [-0.39, 0.29) is 6.42 Å². The Hall–Kier alpha value is -1.40. The smallest absolute Gasteiger partial charge is 0.466 e. The van der Waals surface area contributed by atoms with Gasteiger partial charge in [0.1, 0.15) is 5.82 Å². The van der Waals surface area contributed by atoms with E-state index in [9.17, 15) is 14.3 Å². The molecule has 1 fully saturated rings. The molecular formula is C16H22BFO4. The zero-order valence-electron chi connectivity index (χ0n) is 13.6. The Bertz CT molecular complexity index is 570. The van der Waals surface area contributed by atoms with Gasteiger partial charge in [0.25, 0.3) is 0 Å². The van der Waals surface area contributed by atoms with E-state index in [4.69, 9.17) is 9.31 Å². The van der Waals surface area contributed by atoms with Crippen LogP contribution in [0.15, 0.2) is 18.2 Å². The molecule has 1 N–H and O–H groups in total. The summed E-state index contributed by atoms with van der Waals surface area (Å²) in [5, 5.41) is 9.19. The Morgan fingerprint density at radius 1 is 1.27 bits per heavy atom. The second-order valence-electron chi connectivity index (χ2n) is 6.85. The molecule has 2 rings (SSSR count). The van der Waals surface area contributed by atoms with E-state index >= 15 is 0 Å². The number of aryl methyl sites for hydroxylation is 1. The summed E-state index contributed by atoms with van der Waals surface area (Å²) in [6.07, 6.45) is -0.253. The lowest BCUT2D eigenvalue weighted by Gasteiger charge is -2.32. The molecule has 1 aromatic carbocycles. The molecule has 0 radical (unpaired) electrons. The first-order valence-corrected chi connectivity index (χ1v) is 7.37. The summed E-state index contributed by atoms with van der Waals surface area (Å²) in [5.41, 5.74) is 0.00731. The van der Waals surface area contributed by atoms with E-state index in [1.54, 1.807) is 12.1 Å². The number of benzene rings is 1. The van der Waals surface area contributed by atoms with Gasteiger partial charge >= 0.3 is 13.1 Å². The molecule has 0 bridgehead atoms. The van der Waals surface area contributed by atoms with E-state index in [2.05, 4.69) is 0 Å². The highest BCUT2D eigenvalue weighted by atomic mass is 19.1. The lowest BCUT2D eigenvalue weighted by molar-refractivity contribution is -0.137. The van der Waals surface area contributed by atoms with E-state index in [0.717, 1.165) is 5.56 Å². The highest BCUT2D eigenvalue weighted by Crippen LogP contribution is 2.42. The number of carboxylic acid groups (broad SMARTS) is 1. The van der Waals surface area contributed by atoms with Gasteiger partial charge in [-0.2, -0.15) is 0 Å². The van der Waals surface area contributed by atoms with Gasteiger partial charge in [0.2, 0.25) is 0 Å². The van der Waals surface area contributed by atoms with Crippen LogP contribution in [0.1, 0.15) is 51.1 Å². The van der Waals surface area contributed by atoms with Crippen LogP contribution in [0.25, 0.3) is 0 Å². The van der Waals surface area contributed by atoms with Crippen LogP contribution in [-0.2, 0) is 14.1 Å². The molecule has 0 spiro atoms. The fourth-order valence-corrected chi connectivity index (χ4v) is 2.54. The molecule has 0 amide bonds. The zero-order valence-corrected chi connectivity index (χ0v) is 13.6. The summed E-state index contributed by atoms with van der Waals surface area (Å²) >= 11 is 0. The van der Waals surface area contributed by atoms with E-state index in [0.29, 0.717) is 5.56 Å². The monoisotopic (exact) mass is 308 g/mol. The summed E-state index contributed by atoms with van der Waals surface area (Å²) in [5.74, 6) is -2.15. The van der Waals surface area contributed by atoms with Crippen molar-refractivity contribution in [3.05, 3.63) is 35.1 Å². The fourth-order valence-electron chi connectivity index (χ4n) is 2.54. The van der Waals surface area contributed by atoms with Gasteiger partial charge in [0, 0.05) is 5.82 Å². The van der Waals surface area contributed by atoms with Crippen LogP contribution in [0.4, 0.5) is 4.39 Å². The van der Waals surface area contributed by atoms with Crippen LogP contribution < -0.4 is 0 Å². The first-order chi connectivity index (χ1) is 10.0. The normalized spacial score (nSPS) is 20.9. The Morgan fingerprint density at radius 2 is 1.82 bits per heavy atom. The molecule has 0 aromatic heterocycles. The highest BCUT2D eigenvalue weighted by Gasteiger charge is 2.54. The van der Waals surface area contributed by atoms with Gasteiger partial charge in [-0.3, -0.25) is 4.79 Å². The second-order valence-corrected chi connectivity index (χ2v) is 6.85. The van der Waals surface area contributed by atoms with Crippen molar-refractivity contribution in [1.29, 1.82) is 0 Å². The van der Waals surface area contributed by atoms with Gasteiger partial charge in [-0.15, -0.1) is 0 Å². The molecule has 120 valence electrons. The minimum atomic E-state index is -1.01. The van der Waals surface area contributed by atoms with Crippen molar-refractivity contribution in [2.45, 2.75) is 58.1 Å². The van der Waals surface area contributed by atoms with E-state index in [1.165, 1.54) is 6.07 Å². The van der Waals surface area contributed by atoms with Gasteiger partial charge in [-0.25, -0.2) is 4.39 Å². The SMILES string of the molecule is Cc1ccc(F)c(C(CC(=O)O)B2OC(C)(C)C(C)(C)O2)c1. The maximum absolute atomic E-state index is 14.2. The lowest BCUT2D eigenvalue weighted by atomic mass is 9.66. The first kappa shape index (κ1) is 17.0. The average molecular weight is 308 g/mol. The van der Waals surface area contributed by atoms with E-state index in [1.807, 2.05) is 34.6 Å². The van der Waals surface area contributed by atoms with Crippen molar-refractivity contribution in [3.8, 4) is 0 Å².